The smallest absolute Gasteiger partial charge is 0.255 e. The van der Waals surface area contributed by atoms with Gasteiger partial charge in [0.05, 0.1) is 18.0 Å². The van der Waals surface area contributed by atoms with Gasteiger partial charge < -0.3 is 10.4 Å². The Morgan fingerprint density at radius 3 is 2.69 bits per heavy atom. The molecule has 2 N–H and O–H groups in total. The van der Waals surface area contributed by atoms with Gasteiger partial charge >= 0.3 is 0 Å². The van der Waals surface area contributed by atoms with E-state index in [9.17, 15) is 14.3 Å². The normalized spacial score (nSPS) is 10.7. The molecule has 2 aromatic carbocycles. The number of benzene rings is 2. The topological polar surface area (TPSA) is 88.0 Å². The second-order valence-corrected chi connectivity index (χ2v) is 7.33. The molecule has 0 fully saturated rings. The summed E-state index contributed by atoms with van der Waals surface area (Å²) in [5.41, 5.74) is 5.54. The first-order valence-corrected chi connectivity index (χ1v) is 10.1. The van der Waals surface area contributed by atoms with E-state index in [1.54, 1.807) is 18.5 Å². The SMILES string of the molecule is Cc1ccc(C(=O)Nc2ccc(F)c(CO)c2)cc1Cc1ncccc1-c1ccncn1. The van der Waals surface area contributed by atoms with Crippen LogP contribution in [0.15, 0.2) is 73.3 Å². The zero-order chi connectivity index (χ0) is 22.5. The highest BCUT2D eigenvalue weighted by Gasteiger charge is 2.13. The Balaban J connectivity index is 1.60. The number of nitrogens with zero attached hydrogens (tertiary/aromatic N) is 3. The monoisotopic (exact) mass is 428 g/mol. The summed E-state index contributed by atoms with van der Waals surface area (Å²) in [4.78, 5) is 25.6. The highest BCUT2D eigenvalue weighted by Crippen LogP contribution is 2.24. The van der Waals surface area contributed by atoms with E-state index < -0.39 is 12.4 Å². The van der Waals surface area contributed by atoms with Crippen molar-refractivity contribution in [1.29, 1.82) is 0 Å². The molecule has 160 valence electrons. The van der Waals surface area contributed by atoms with Crippen LogP contribution in [0.1, 0.15) is 32.7 Å². The van der Waals surface area contributed by atoms with E-state index in [4.69, 9.17) is 0 Å². The van der Waals surface area contributed by atoms with Crippen molar-refractivity contribution >= 4 is 11.6 Å². The Morgan fingerprint density at radius 1 is 1.03 bits per heavy atom. The Kier molecular flexibility index (Phi) is 6.28. The number of anilines is 1. The van der Waals surface area contributed by atoms with Crippen molar-refractivity contribution in [3.05, 3.63) is 107 Å². The van der Waals surface area contributed by atoms with E-state index in [-0.39, 0.29) is 11.5 Å². The molecule has 1 amide bonds. The number of hydrogen-bond donors (Lipinski definition) is 2. The van der Waals surface area contributed by atoms with Crippen LogP contribution in [0.25, 0.3) is 11.3 Å². The number of carbonyl (C=O) groups is 1. The maximum atomic E-state index is 13.6. The van der Waals surface area contributed by atoms with Crippen LogP contribution in [-0.4, -0.2) is 26.0 Å². The van der Waals surface area contributed by atoms with Crippen LogP contribution in [0.3, 0.4) is 0 Å². The number of carbonyl (C=O) groups excluding carboxylic acids is 1. The van der Waals surface area contributed by atoms with Crippen LogP contribution in [0.2, 0.25) is 0 Å². The Hall–Kier alpha value is -3.97. The molecule has 6 nitrogen and oxygen atoms in total. The number of halogens is 1. The minimum absolute atomic E-state index is 0.125. The van der Waals surface area contributed by atoms with Crippen LogP contribution in [0, 0.1) is 12.7 Å². The fourth-order valence-electron chi connectivity index (χ4n) is 3.42. The van der Waals surface area contributed by atoms with Crippen molar-refractivity contribution in [3.63, 3.8) is 0 Å². The second kappa shape index (κ2) is 9.45. The van der Waals surface area contributed by atoms with Crippen molar-refractivity contribution in [2.45, 2.75) is 20.0 Å². The molecule has 0 radical (unpaired) electrons. The summed E-state index contributed by atoms with van der Waals surface area (Å²) in [5, 5.41) is 12.0. The third-order valence-electron chi connectivity index (χ3n) is 5.19. The van der Waals surface area contributed by atoms with E-state index in [0.717, 1.165) is 28.1 Å². The molecule has 7 heteroatoms. The van der Waals surface area contributed by atoms with E-state index in [2.05, 4.69) is 20.3 Å². The maximum absolute atomic E-state index is 13.6. The van der Waals surface area contributed by atoms with E-state index in [1.807, 2.05) is 37.3 Å². The minimum Gasteiger partial charge on any atom is -0.392 e. The molecular weight excluding hydrogens is 407 g/mol. The number of aliphatic hydroxyl groups is 1. The molecule has 0 unspecified atom stereocenters. The Morgan fingerprint density at radius 2 is 1.91 bits per heavy atom. The molecule has 0 aliphatic carbocycles. The van der Waals surface area contributed by atoms with Crippen molar-refractivity contribution in [3.8, 4) is 11.3 Å². The van der Waals surface area contributed by atoms with Gasteiger partial charge in [0.15, 0.2) is 0 Å². The first-order valence-electron chi connectivity index (χ1n) is 10.1. The molecule has 0 aliphatic heterocycles. The molecule has 0 saturated carbocycles. The largest absolute Gasteiger partial charge is 0.392 e. The molecule has 4 rings (SSSR count). The highest BCUT2D eigenvalue weighted by molar-refractivity contribution is 6.04. The lowest BCUT2D eigenvalue weighted by atomic mass is 9.97. The summed E-state index contributed by atoms with van der Waals surface area (Å²) >= 11 is 0. The number of hydrogen-bond acceptors (Lipinski definition) is 5. The van der Waals surface area contributed by atoms with Gasteiger partial charge in [-0.3, -0.25) is 9.78 Å². The number of aliphatic hydroxyl groups excluding tert-OH is 1. The summed E-state index contributed by atoms with van der Waals surface area (Å²) < 4.78 is 13.6. The maximum Gasteiger partial charge on any atom is 0.255 e. The highest BCUT2D eigenvalue weighted by atomic mass is 19.1. The molecule has 32 heavy (non-hydrogen) atoms. The first-order chi connectivity index (χ1) is 15.5. The van der Waals surface area contributed by atoms with E-state index >= 15 is 0 Å². The Labute approximate surface area is 184 Å². The lowest BCUT2D eigenvalue weighted by Crippen LogP contribution is -2.13. The van der Waals surface area contributed by atoms with Gasteiger partial charge in [-0.25, -0.2) is 14.4 Å². The fourth-order valence-corrected chi connectivity index (χ4v) is 3.42. The number of aryl methyl sites for hydroxylation is 1. The number of aromatic nitrogens is 3. The molecule has 0 bridgehead atoms. The lowest BCUT2D eigenvalue weighted by Gasteiger charge is -2.12. The quantitative estimate of drug-likeness (QED) is 0.478. The molecule has 2 aromatic heterocycles. The molecule has 0 spiro atoms. The molecular formula is C25H21FN4O2. The van der Waals surface area contributed by atoms with E-state index in [1.165, 1.54) is 24.5 Å². The lowest BCUT2D eigenvalue weighted by molar-refractivity contribution is 0.102. The van der Waals surface area contributed by atoms with Gasteiger partial charge in [0.2, 0.25) is 0 Å². The Bertz CT molecular complexity index is 1260. The van der Waals surface area contributed by atoms with Crippen LogP contribution in [-0.2, 0) is 13.0 Å². The molecule has 0 aliphatic rings. The minimum atomic E-state index is -0.516. The molecule has 0 atom stereocenters. The predicted octanol–water partition coefficient (Wildman–Crippen LogP) is 4.32. The summed E-state index contributed by atoms with van der Waals surface area (Å²) in [6, 6.07) is 15.2. The average molecular weight is 428 g/mol. The first kappa shape index (κ1) is 21.3. The van der Waals surface area contributed by atoms with Gasteiger partial charge in [0.25, 0.3) is 5.91 Å². The van der Waals surface area contributed by atoms with Gasteiger partial charge in [-0.1, -0.05) is 6.07 Å². The third-order valence-corrected chi connectivity index (χ3v) is 5.19. The van der Waals surface area contributed by atoms with Crippen LogP contribution in [0.4, 0.5) is 10.1 Å². The zero-order valence-corrected chi connectivity index (χ0v) is 17.4. The van der Waals surface area contributed by atoms with Gasteiger partial charge in [0.1, 0.15) is 12.1 Å². The number of amides is 1. The van der Waals surface area contributed by atoms with Gasteiger partial charge in [-0.2, -0.15) is 0 Å². The number of rotatable bonds is 6. The molecule has 4 aromatic rings. The summed E-state index contributed by atoms with van der Waals surface area (Å²) in [7, 11) is 0. The summed E-state index contributed by atoms with van der Waals surface area (Å²) in [6.07, 6.45) is 5.45. The van der Waals surface area contributed by atoms with Gasteiger partial charge in [-0.15, -0.1) is 0 Å². The molecule has 2 heterocycles. The van der Waals surface area contributed by atoms with Crippen LogP contribution < -0.4 is 5.32 Å². The van der Waals surface area contributed by atoms with Crippen LogP contribution >= 0.6 is 0 Å². The van der Waals surface area contributed by atoms with Crippen molar-refractivity contribution in [1.82, 2.24) is 15.0 Å². The number of nitrogens with one attached hydrogen (secondary N) is 1. The number of pyridine rings is 1. The van der Waals surface area contributed by atoms with Crippen molar-refractivity contribution < 1.29 is 14.3 Å². The van der Waals surface area contributed by atoms with Gasteiger partial charge in [-0.05, 0) is 66.6 Å². The average Bonchev–Trinajstić information content (AvgIpc) is 2.82. The van der Waals surface area contributed by atoms with Crippen molar-refractivity contribution in [2.24, 2.45) is 0 Å². The predicted molar refractivity (Wildman–Crippen MR) is 120 cm³/mol. The van der Waals surface area contributed by atoms with E-state index in [0.29, 0.717) is 17.7 Å². The zero-order valence-electron chi connectivity index (χ0n) is 17.4. The summed E-state index contributed by atoms with van der Waals surface area (Å²) in [5.74, 6) is -0.836. The summed E-state index contributed by atoms with van der Waals surface area (Å²) in [6.45, 7) is 1.54. The molecule has 0 saturated heterocycles. The standard InChI is InChI=1S/C25H21FN4O2/c1-16-4-5-17(25(32)30-20-6-7-22(26)19(12-20)14-31)11-18(16)13-24-21(3-2-9-28-24)23-8-10-27-15-29-23/h2-12,15,31H,13-14H2,1H3,(H,30,32). The van der Waals surface area contributed by atoms with Gasteiger partial charge in [0, 0.05) is 41.2 Å². The van der Waals surface area contributed by atoms with Crippen LogP contribution in [0.5, 0.6) is 0 Å². The van der Waals surface area contributed by atoms with Crippen molar-refractivity contribution in [2.75, 3.05) is 5.32 Å². The fraction of sp³-hybridized carbons (Fsp3) is 0.120. The third kappa shape index (κ3) is 4.68. The second-order valence-electron chi connectivity index (χ2n) is 7.33.